The summed E-state index contributed by atoms with van der Waals surface area (Å²) in [6, 6.07) is 5.94. The van der Waals surface area contributed by atoms with E-state index >= 15 is 0 Å². The second-order valence-corrected chi connectivity index (χ2v) is 8.95. The van der Waals surface area contributed by atoms with Gasteiger partial charge >= 0.3 is 5.97 Å². The zero-order chi connectivity index (χ0) is 18.9. The van der Waals surface area contributed by atoms with Gasteiger partial charge in [0, 0.05) is 31.2 Å². The maximum atomic E-state index is 12.8. The molecule has 2 aliphatic rings. The Hall–Kier alpha value is -1.93. The Morgan fingerprint density at radius 3 is 2.35 bits per heavy atom. The fraction of sp³-hybridized carbons (Fsp3) is 0.556. The molecule has 7 nitrogen and oxygen atoms in total. The molecular formula is C18H24N2O5S. The van der Waals surface area contributed by atoms with Crippen molar-refractivity contribution in [2.75, 3.05) is 19.6 Å². The van der Waals surface area contributed by atoms with Crippen molar-refractivity contribution in [1.29, 1.82) is 0 Å². The summed E-state index contributed by atoms with van der Waals surface area (Å²) in [5.41, 5.74) is 0.377. The molecule has 1 aromatic carbocycles. The van der Waals surface area contributed by atoms with E-state index in [2.05, 4.69) is 0 Å². The van der Waals surface area contributed by atoms with Gasteiger partial charge in [-0.2, -0.15) is 4.31 Å². The minimum absolute atomic E-state index is 0.0207. The number of sulfonamides is 1. The quantitative estimate of drug-likeness (QED) is 0.859. The summed E-state index contributed by atoms with van der Waals surface area (Å²) in [5.74, 6) is -1.68. The lowest BCUT2D eigenvalue weighted by molar-refractivity contribution is -0.141. The average Bonchev–Trinajstić information content (AvgIpc) is 3.12. The Morgan fingerprint density at radius 2 is 1.77 bits per heavy atom. The number of carboxylic acids is 1. The van der Waals surface area contributed by atoms with Crippen LogP contribution in [-0.2, 0) is 14.8 Å². The molecule has 0 aliphatic carbocycles. The first-order valence-corrected chi connectivity index (χ1v) is 10.4. The van der Waals surface area contributed by atoms with Gasteiger partial charge in [-0.3, -0.25) is 9.59 Å². The summed E-state index contributed by atoms with van der Waals surface area (Å²) in [6.07, 6.45) is 3.20. The number of hydrogen-bond donors (Lipinski definition) is 1. The van der Waals surface area contributed by atoms with Crippen LogP contribution in [-0.4, -0.2) is 60.3 Å². The van der Waals surface area contributed by atoms with Crippen molar-refractivity contribution in [1.82, 2.24) is 9.21 Å². The second kappa shape index (κ2) is 7.36. The molecule has 2 saturated heterocycles. The maximum absolute atomic E-state index is 12.8. The van der Waals surface area contributed by atoms with Crippen LogP contribution in [0.4, 0.5) is 0 Å². The molecule has 3 rings (SSSR count). The standard InChI is InChI=1S/C18H24N2O5S/c1-13-4-2-3-10-20(13)26(24,25)16-7-5-14(6-8-16)17(21)19-11-9-15(12-19)18(22)23/h5-8,13,15H,2-4,9-12H2,1H3,(H,22,23). The van der Waals surface area contributed by atoms with Gasteiger partial charge in [0.15, 0.2) is 0 Å². The summed E-state index contributed by atoms with van der Waals surface area (Å²) in [5, 5.41) is 9.05. The van der Waals surface area contributed by atoms with E-state index in [-0.39, 0.29) is 23.4 Å². The molecule has 0 spiro atoms. The molecule has 0 aromatic heterocycles. The molecule has 2 heterocycles. The summed E-state index contributed by atoms with van der Waals surface area (Å²) in [7, 11) is -3.56. The highest BCUT2D eigenvalue weighted by atomic mass is 32.2. The molecule has 1 aromatic rings. The number of piperidine rings is 1. The van der Waals surface area contributed by atoms with Crippen molar-refractivity contribution in [2.24, 2.45) is 5.92 Å². The number of nitrogens with zero attached hydrogens (tertiary/aromatic N) is 2. The van der Waals surface area contributed by atoms with Crippen LogP contribution >= 0.6 is 0 Å². The minimum atomic E-state index is -3.56. The number of carbonyl (C=O) groups is 2. The fourth-order valence-corrected chi connectivity index (χ4v) is 5.36. The van der Waals surface area contributed by atoms with Crippen LogP contribution in [0.5, 0.6) is 0 Å². The zero-order valence-corrected chi connectivity index (χ0v) is 15.6. The predicted molar refractivity (Wildman–Crippen MR) is 95.3 cm³/mol. The van der Waals surface area contributed by atoms with Gasteiger partial charge in [-0.15, -0.1) is 0 Å². The van der Waals surface area contributed by atoms with Crippen LogP contribution in [0.15, 0.2) is 29.2 Å². The Balaban J connectivity index is 1.74. The Kier molecular flexibility index (Phi) is 5.34. The lowest BCUT2D eigenvalue weighted by Gasteiger charge is -2.32. The van der Waals surface area contributed by atoms with E-state index in [0.29, 0.717) is 25.1 Å². The van der Waals surface area contributed by atoms with E-state index in [0.717, 1.165) is 19.3 Å². The number of likely N-dealkylation sites (tertiary alicyclic amines) is 1. The lowest BCUT2D eigenvalue weighted by atomic mass is 10.1. The van der Waals surface area contributed by atoms with Crippen molar-refractivity contribution in [3.8, 4) is 0 Å². The average molecular weight is 380 g/mol. The van der Waals surface area contributed by atoms with Crippen LogP contribution in [0, 0.1) is 5.92 Å². The Bertz CT molecular complexity index is 790. The predicted octanol–water partition coefficient (Wildman–Crippen LogP) is 1.80. The molecule has 1 amide bonds. The first-order chi connectivity index (χ1) is 12.3. The number of amides is 1. The molecule has 0 radical (unpaired) electrons. The van der Waals surface area contributed by atoms with Gasteiger partial charge < -0.3 is 10.0 Å². The molecule has 2 unspecified atom stereocenters. The van der Waals surface area contributed by atoms with Crippen molar-refractivity contribution < 1.29 is 23.1 Å². The van der Waals surface area contributed by atoms with Gasteiger partial charge in [0.05, 0.1) is 10.8 Å². The van der Waals surface area contributed by atoms with Gasteiger partial charge in [-0.05, 0) is 50.5 Å². The normalized spacial score (nSPS) is 24.6. The number of carbonyl (C=O) groups excluding carboxylic acids is 1. The van der Waals surface area contributed by atoms with E-state index in [9.17, 15) is 18.0 Å². The number of carboxylic acid groups (broad SMARTS) is 1. The van der Waals surface area contributed by atoms with Gasteiger partial charge in [-0.1, -0.05) is 6.42 Å². The molecule has 8 heteroatoms. The SMILES string of the molecule is CC1CCCCN1S(=O)(=O)c1ccc(C(=O)N2CCC(C(=O)O)C2)cc1. The van der Waals surface area contributed by atoms with E-state index in [4.69, 9.17) is 5.11 Å². The van der Waals surface area contributed by atoms with Crippen LogP contribution in [0.25, 0.3) is 0 Å². The van der Waals surface area contributed by atoms with Gasteiger partial charge in [0.1, 0.15) is 0 Å². The number of rotatable bonds is 4. The Morgan fingerprint density at radius 1 is 1.08 bits per heavy atom. The van der Waals surface area contributed by atoms with Crippen molar-refractivity contribution in [2.45, 2.75) is 43.5 Å². The van der Waals surface area contributed by atoms with Crippen LogP contribution in [0.3, 0.4) is 0 Å². The highest BCUT2D eigenvalue weighted by Gasteiger charge is 2.33. The van der Waals surface area contributed by atoms with E-state index in [1.165, 1.54) is 33.5 Å². The van der Waals surface area contributed by atoms with E-state index in [1.807, 2.05) is 6.92 Å². The topological polar surface area (TPSA) is 95.0 Å². The third-order valence-corrected chi connectivity index (χ3v) is 7.30. The molecule has 0 bridgehead atoms. The van der Waals surface area contributed by atoms with Crippen molar-refractivity contribution in [3.63, 3.8) is 0 Å². The monoisotopic (exact) mass is 380 g/mol. The Labute approximate surface area is 153 Å². The number of benzene rings is 1. The third kappa shape index (κ3) is 3.61. The first kappa shape index (κ1) is 18.8. The highest BCUT2D eigenvalue weighted by molar-refractivity contribution is 7.89. The highest BCUT2D eigenvalue weighted by Crippen LogP contribution is 2.26. The largest absolute Gasteiger partial charge is 0.481 e. The fourth-order valence-electron chi connectivity index (χ4n) is 3.66. The molecule has 0 saturated carbocycles. The molecule has 1 N–H and O–H groups in total. The number of hydrogen-bond acceptors (Lipinski definition) is 4. The van der Waals surface area contributed by atoms with Crippen LogP contribution in [0.2, 0.25) is 0 Å². The van der Waals surface area contributed by atoms with Gasteiger partial charge in [-0.25, -0.2) is 8.42 Å². The first-order valence-electron chi connectivity index (χ1n) is 8.94. The van der Waals surface area contributed by atoms with E-state index < -0.39 is 21.9 Å². The molecule has 142 valence electrons. The molecule has 2 atom stereocenters. The van der Waals surface area contributed by atoms with Crippen molar-refractivity contribution in [3.05, 3.63) is 29.8 Å². The van der Waals surface area contributed by atoms with Gasteiger partial charge in [0.2, 0.25) is 10.0 Å². The van der Waals surface area contributed by atoms with Crippen LogP contribution < -0.4 is 0 Å². The molecular weight excluding hydrogens is 356 g/mol. The number of aliphatic carboxylic acids is 1. The summed E-state index contributed by atoms with van der Waals surface area (Å²) in [4.78, 5) is 25.2. The summed E-state index contributed by atoms with van der Waals surface area (Å²) < 4.78 is 27.2. The smallest absolute Gasteiger partial charge is 0.308 e. The molecule has 2 fully saturated rings. The second-order valence-electron chi connectivity index (χ2n) is 7.06. The van der Waals surface area contributed by atoms with Crippen molar-refractivity contribution >= 4 is 21.9 Å². The van der Waals surface area contributed by atoms with E-state index in [1.54, 1.807) is 0 Å². The minimum Gasteiger partial charge on any atom is -0.481 e. The third-order valence-electron chi connectivity index (χ3n) is 5.27. The van der Waals surface area contributed by atoms with Gasteiger partial charge in [0.25, 0.3) is 5.91 Å². The maximum Gasteiger partial charge on any atom is 0.308 e. The summed E-state index contributed by atoms with van der Waals surface area (Å²) in [6.45, 7) is 3.04. The molecule has 26 heavy (non-hydrogen) atoms. The lowest BCUT2D eigenvalue weighted by Crippen LogP contribution is -2.41. The van der Waals surface area contributed by atoms with Crippen LogP contribution in [0.1, 0.15) is 43.0 Å². The molecule has 2 aliphatic heterocycles. The summed E-state index contributed by atoms with van der Waals surface area (Å²) >= 11 is 0. The zero-order valence-electron chi connectivity index (χ0n) is 14.8.